The summed E-state index contributed by atoms with van der Waals surface area (Å²) in [5, 5.41) is 6.04. The van der Waals surface area contributed by atoms with E-state index in [9.17, 15) is 14.4 Å². The lowest BCUT2D eigenvalue weighted by Gasteiger charge is -2.13. The molecule has 28 heavy (non-hydrogen) atoms. The first kappa shape index (κ1) is 19.9. The number of carbonyl (C=O) groups is 3. The van der Waals surface area contributed by atoms with Crippen LogP contribution in [-0.2, 0) is 22.6 Å². The molecule has 1 aliphatic heterocycles. The molecule has 1 atom stereocenters. The number of nitrogens with one attached hydrogen (secondary N) is 2. The molecule has 6 nitrogen and oxygen atoms in total. The van der Waals surface area contributed by atoms with Crippen LogP contribution >= 0.6 is 11.6 Å². The van der Waals surface area contributed by atoms with E-state index in [0.29, 0.717) is 24.5 Å². The zero-order valence-corrected chi connectivity index (χ0v) is 16.1. The molecule has 0 spiro atoms. The molecule has 0 saturated carbocycles. The summed E-state index contributed by atoms with van der Waals surface area (Å²) in [5.74, 6) is -0.468. The van der Waals surface area contributed by atoms with Gasteiger partial charge in [-0.2, -0.15) is 0 Å². The summed E-state index contributed by atoms with van der Waals surface area (Å²) in [6.45, 7) is 0.649. The zero-order chi connectivity index (χ0) is 19.9. The highest BCUT2D eigenvalue weighted by Crippen LogP contribution is 2.15. The molecule has 0 aromatic heterocycles. The molecule has 146 valence electrons. The van der Waals surface area contributed by atoms with E-state index < -0.39 is 12.1 Å². The molecule has 1 saturated heterocycles. The number of imide groups is 1. The van der Waals surface area contributed by atoms with E-state index >= 15 is 0 Å². The fourth-order valence-corrected chi connectivity index (χ4v) is 3.27. The highest BCUT2D eigenvalue weighted by Gasteiger charge is 2.37. The van der Waals surface area contributed by atoms with Gasteiger partial charge in [-0.05, 0) is 30.0 Å². The van der Waals surface area contributed by atoms with Gasteiger partial charge in [-0.15, -0.1) is 0 Å². The summed E-state index contributed by atoms with van der Waals surface area (Å²) in [5.41, 5.74) is 1.89. The normalized spacial score (nSPS) is 16.2. The van der Waals surface area contributed by atoms with Crippen molar-refractivity contribution in [2.75, 3.05) is 6.54 Å². The third-order valence-electron chi connectivity index (χ3n) is 4.67. The van der Waals surface area contributed by atoms with Crippen LogP contribution < -0.4 is 10.6 Å². The first-order valence-electron chi connectivity index (χ1n) is 9.20. The molecule has 1 heterocycles. The highest BCUT2D eigenvalue weighted by molar-refractivity contribution is 6.31. The van der Waals surface area contributed by atoms with Gasteiger partial charge in [-0.1, -0.05) is 60.1 Å². The molecule has 1 fully saturated rings. The average molecular weight is 400 g/mol. The van der Waals surface area contributed by atoms with Crippen LogP contribution in [0.3, 0.4) is 0 Å². The lowest BCUT2D eigenvalue weighted by atomic mass is 10.1. The Kier molecular flexibility index (Phi) is 6.66. The third-order valence-corrected chi connectivity index (χ3v) is 5.04. The van der Waals surface area contributed by atoms with Gasteiger partial charge in [-0.3, -0.25) is 14.5 Å². The molecule has 1 aliphatic rings. The maximum absolute atomic E-state index is 12.5. The first-order valence-corrected chi connectivity index (χ1v) is 9.58. The quantitative estimate of drug-likeness (QED) is 0.670. The number of hydrogen-bond acceptors (Lipinski definition) is 3. The number of rotatable bonds is 8. The largest absolute Gasteiger partial charge is 0.352 e. The maximum Gasteiger partial charge on any atom is 0.324 e. The van der Waals surface area contributed by atoms with E-state index in [1.165, 1.54) is 4.90 Å². The minimum Gasteiger partial charge on any atom is -0.352 e. The van der Waals surface area contributed by atoms with Crippen LogP contribution in [0.4, 0.5) is 4.79 Å². The fraction of sp³-hybridized carbons (Fsp3) is 0.286. The number of nitrogens with zero attached hydrogens (tertiary/aromatic N) is 1. The Hall–Kier alpha value is -2.86. The second-order valence-electron chi connectivity index (χ2n) is 6.63. The van der Waals surface area contributed by atoms with Crippen molar-refractivity contribution in [3.8, 4) is 0 Å². The second-order valence-corrected chi connectivity index (χ2v) is 7.04. The lowest BCUT2D eigenvalue weighted by Crippen LogP contribution is -2.34. The molecule has 4 amide bonds. The summed E-state index contributed by atoms with van der Waals surface area (Å²) < 4.78 is 0. The zero-order valence-electron chi connectivity index (χ0n) is 15.4. The number of carbonyl (C=O) groups excluding carboxylic acids is 3. The van der Waals surface area contributed by atoms with Crippen LogP contribution in [-0.4, -0.2) is 35.3 Å². The van der Waals surface area contributed by atoms with Gasteiger partial charge in [0.15, 0.2) is 0 Å². The standard InChI is InChI=1S/C21H22ClN3O3/c22-17-9-5-4-8-16(17)14-23-19(26)11-10-18-20(27)25(21(28)24-18)13-12-15-6-2-1-3-7-15/h1-9,18H,10-14H2,(H,23,26)(H,24,28)/t18-/m0/s1. The number of benzene rings is 2. The molecular formula is C21H22ClN3O3. The van der Waals surface area contributed by atoms with Crippen molar-refractivity contribution in [2.45, 2.75) is 31.8 Å². The van der Waals surface area contributed by atoms with Gasteiger partial charge < -0.3 is 10.6 Å². The van der Waals surface area contributed by atoms with Crippen LogP contribution in [0.5, 0.6) is 0 Å². The van der Waals surface area contributed by atoms with Crippen LogP contribution in [0.2, 0.25) is 5.02 Å². The van der Waals surface area contributed by atoms with Crippen molar-refractivity contribution in [1.29, 1.82) is 0 Å². The summed E-state index contributed by atoms with van der Waals surface area (Å²) in [7, 11) is 0. The van der Waals surface area contributed by atoms with E-state index in [1.54, 1.807) is 6.07 Å². The minimum absolute atomic E-state index is 0.146. The predicted molar refractivity (Wildman–Crippen MR) is 107 cm³/mol. The molecule has 2 aromatic carbocycles. The van der Waals surface area contributed by atoms with Crippen LogP contribution in [0.1, 0.15) is 24.0 Å². The van der Waals surface area contributed by atoms with Gasteiger partial charge in [-0.25, -0.2) is 4.79 Å². The molecular weight excluding hydrogens is 378 g/mol. The Morgan fingerprint density at radius 2 is 1.79 bits per heavy atom. The molecule has 0 aliphatic carbocycles. The molecule has 3 rings (SSSR count). The number of urea groups is 1. The van der Waals surface area contributed by atoms with E-state index in [4.69, 9.17) is 11.6 Å². The Bertz CT molecular complexity index is 857. The van der Waals surface area contributed by atoms with Gasteiger partial charge in [0, 0.05) is 24.5 Å². The summed E-state index contributed by atoms with van der Waals surface area (Å²) in [4.78, 5) is 37.8. The fourth-order valence-electron chi connectivity index (χ4n) is 3.07. The summed E-state index contributed by atoms with van der Waals surface area (Å²) in [6.07, 6.45) is 1.01. The smallest absolute Gasteiger partial charge is 0.324 e. The van der Waals surface area contributed by atoms with Crippen LogP contribution in [0, 0.1) is 0 Å². The van der Waals surface area contributed by atoms with Gasteiger partial charge in [0.1, 0.15) is 6.04 Å². The second kappa shape index (κ2) is 9.37. The Labute approximate surface area is 168 Å². The molecule has 2 aromatic rings. The van der Waals surface area contributed by atoms with E-state index in [-0.39, 0.29) is 24.7 Å². The van der Waals surface area contributed by atoms with E-state index in [1.807, 2.05) is 48.5 Å². The van der Waals surface area contributed by atoms with E-state index in [2.05, 4.69) is 10.6 Å². The predicted octanol–water partition coefficient (Wildman–Crippen LogP) is 2.90. The molecule has 0 bridgehead atoms. The summed E-state index contributed by atoms with van der Waals surface area (Å²) in [6, 6.07) is 15.9. The van der Waals surface area contributed by atoms with Crippen LogP contribution in [0.25, 0.3) is 0 Å². The van der Waals surface area contributed by atoms with Gasteiger partial charge >= 0.3 is 6.03 Å². The highest BCUT2D eigenvalue weighted by atomic mass is 35.5. The van der Waals surface area contributed by atoms with Crippen molar-refractivity contribution >= 4 is 29.4 Å². The molecule has 2 N–H and O–H groups in total. The summed E-state index contributed by atoms with van der Waals surface area (Å²) >= 11 is 6.06. The molecule has 7 heteroatoms. The van der Waals surface area contributed by atoms with Crippen molar-refractivity contribution in [3.63, 3.8) is 0 Å². The number of amides is 4. The van der Waals surface area contributed by atoms with E-state index in [0.717, 1.165) is 11.1 Å². The van der Waals surface area contributed by atoms with Crippen molar-refractivity contribution in [1.82, 2.24) is 15.5 Å². The SMILES string of the molecule is O=C(CC[C@@H]1NC(=O)N(CCc2ccccc2)C1=O)NCc1ccccc1Cl. The Morgan fingerprint density at radius 3 is 2.54 bits per heavy atom. The third kappa shape index (κ3) is 5.10. The monoisotopic (exact) mass is 399 g/mol. The minimum atomic E-state index is -0.658. The van der Waals surface area contributed by atoms with Crippen molar-refractivity contribution in [3.05, 3.63) is 70.7 Å². The molecule has 0 radical (unpaired) electrons. The maximum atomic E-state index is 12.5. The lowest BCUT2D eigenvalue weighted by molar-refractivity contribution is -0.127. The van der Waals surface area contributed by atoms with Crippen LogP contribution in [0.15, 0.2) is 54.6 Å². The van der Waals surface area contributed by atoms with Crippen molar-refractivity contribution < 1.29 is 14.4 Å². The van der Waals surface area contributed by atoms with Crippen molar-refractivity contribution in [2.24, 2.45) is 0 Å². The average Bonchev–Trinajstić information content (AvgIpc) is 2.98. The Balaban J connectivity index is 1.44. The molecule has 0 unspecified atom stereocenters. The topological polar surface area (TPSA) is 78.5 Å². The van der Waals surface area contributed by atoms with Gasteiger partial charge in [0.25, 0.3) is 5.91 Å². The number of hydrogen-bond donors (Lipinski definition) is 2. The van der Waals surface area contributed by atoms with Gasteiger partial charge in [0.2, 0.25) is 5.91 Å². The van der Waals surface area contributed by atoms with Gasteiger partial charge in [0.05, 0.1) is 0 Å². The first-order chi connectivity index (χ1) is 13.5. The Morgan fingerprint density at radius 1 is 1.07 bits per heavy atom. The number of halogens is 1.